The molecule has 0 aliphatic rings. The Morgan fingerprint density at radius 1 is 0.787 bits per heavy atom. The fourth-order valence-electron chi connectivity index (χ4n) is 5.16. The Morgan fingerprint density at radius 2 is 1.38 bits per heavy atom. The molecule has 47 heavy (non-hydrogen) atoms. The van der Waals surface area contributed by atoms with Crippen molar-refractivity contribution in [2.24, 2.45) is 5.92 Å². The van der Waals surface area contributed by atoms with Gasteiger partial charge in [0.25, 0.3) is 0 Å². The lowest BCUT2D eigenvalue weighted by molar-refractivity contribution is -0.159. The summed E-state index contributed by atoms with van der Waals surface area (Å²) in [5, 5.41) is 5.76. The lowest BCUT2D eigenvalue weighted by atomic mass is 9.94. The van der Waals surface area contributed by atoms with Crippen LogP contribution in [0.1, 0.15) is 110 Å². The fourth-order valence-corrected chi connectivity index (χ4v) is 5.16. The highest BCUT2D eigenvalue weighted by atomic mass is 16.6. The second-order valence-electron chi connectivity index (χ2n) is 14.9. The Labute approximate surface area is 282 Å². The first-order valence-electron chi connectivity index (χ1n) is 16.7. The van der Waals surface area contributed by atoms with Gasteiger partial charge in [0.2, 0.25) is 11.8 Å². The maximum absolute atomic E-state index is 14.6. The molecule has 0 aliphatic heterocycles. The van der Waals surface area contributed by atoms with Gasteiger partial charge in [0.05, 0.1) is 0 Å². The van der Waals surface area contributed by atoms with Crippen LogP contribution in [-0.2, 0) is 30.3 Å². The first-order valence-corrected chi connectivity index (χ1v) is 16.7. The Bertz CT molecular complexity index is 1360. The van der Waals surface area contributed by atoms with Gasteiger partial charge in [-0.1, -0.05) is 69.3 Å². The number of hydrogen-bond acceptors (Lipinski definition) is 6. The number of aryl methyl sites for hydroxylation is 2. The molecule has 4 unspecified atom stereocenters. The molecule has 3 amide bonds. The van der Waals surface area contributed by atoms with Crippen LogP contribution in [0, 0.1) is 19.8 Å². The summed E-state index contributed by atoms with van der Waals surface area (Å²) >= 11 is 0. The van der Waals surface area contributed by atoms with E-state index >= 15 is 0 Å². The van der Waals surface area contributed by atoms with Gasteiger partial charge in [0, 0.05) is 12.5 Å². The highest BCUT2D eigenvalue weighted by molar-refractivity contribution is 5.94. The van der Waals surface area contributed by atoms with E-state index in [-0.39, 0.29) is 12.3 Å². The number of benzene rings is 2. The minimum atomic E-state index is -1.10. The van der Waals surface area contributed by atoms with E-state index < -0.39 is 59.2 Å². The molecule has 2 aromatic rings. The fraction of sp³-hybridized carbons (Fsp3) is 0.579. The molecule has 0 saturated heterocycles. The van der Waals surface area contributed by atoms with Gasteiger partial charge >= 0.3 is 12.1 Å². The van der Waals surface area contributed by atoms with Crippen LogP contribution in [0.5, 0.6) is 0 Å². The molecule has 2 rings (SSSR count). The molecule has 2 aromatic carbocycles. The standard InChI is InChI=1S/C38H57N3O6/c1-13-27(6)41(34(43)30(21-24(2)3)40-36(45)47-38(10,11)12)32(29-20-19-25(4)26(5)22-29)33(42)39-31(35(44)46-37(7,8)9)23-28-17-15-14-16-18-28/h14-20,22,24,27,30-32H,13,21,23H2,1-12H3,(H,39,42)(H,40,45). The molecule has 9 heteroatoms. The van der Waals surface area contributed by atoms with Crippen LogP contribution < -0.4 is 10.6 Å². The number of esters is 1. The second kappa shape index (κ2) is 16.8. The third-order valence-electron chi connectivity index (χ3n) is 7.68. The van der Waals surface area contributed by atoms with Crippen molar-refractivity contribution in [1.82, 2.24) is 15.5 Å². The molecule has 0 fully saturated rings. The minimum Gasteiger partial charge on any atom is -0.458 e. The van der Waals surface area contributed by atoms with Gasteiger partial charge < -0.3 is 25.0 Å². The smallest absolute Gasteiger partial charge is 0.408 e. The molecule has 0 bridgehead atoms. The number of nitrogens with zero attached hydrogens (tertiary/aromatic N) is 1. The molecule has 4 atom stereocenters. The summed E-state index contributed by atoms with van der Waals surface area (Å²) in [6, 6.07) is 11.6. The molecule has 260 valence electrons. The highest BCUT2D eigenvalue weighted by Crippen LogP contribution is 2.29. The molecule has 2 N–H and O–H groups in total. The minimum absolute atomic E-state index is 0.0500. The number of alkyl carbamates (subject to hydrolysis) is 1. The predicted octanol–water partition coefficient (Wildman–Crippen LogP) is 6.98. The van der Waals surface area contributed by atoms with Crippen molar-refractivity contribution in [2.45, 2.75) is 138 Å². The van der Waals surface area contributed by atoms with Crippen molar-refractivity contribution in [2.75, 3.05) is 0 Å². The Morgan fingerprint density at radius 3 is 1.89 bits per heavy atom. The molecule has 9 nitrogen and oxygen atoms in total. The molecule has 0 heterocycles. The molecule has 0 saturated carbocycles. The average Bonchev–Trinajstić information content (AvgIpc) is 2.94. The van der Waals surface area contributed by atoms with E-state index in [0.29, 0.717) is 18.4 Å². The predicted molar refractivity (Wildman–Crippen MR) is 186 cm³/mol. The number of carbonyl (C=O) groups is 4. The molecular formula is C38H57N3O6. The van der Waals surface area contributed by atoms with Gasteiger partial charge in [-0.25, -0.2) is 9.59 Å². The largest absolute Gasteiger partial charge is 0.458 e. The zero-order valence-electron chi connectivity index (χ0n) is 30.5. The normalized spacial score (nSPS) is 14.4. The number of nitrogens with one attached hydrogen (secondary N) is 2. The number of rotatable bonds is 13. The number of amides is 3. The van der Waals surface area contributed by atoms with E-state index in [1.165, 1.54) is 0 Å². The van der Waals surface area contributed by atoms with Crippen LogP contribution in [0.25, 0.3) is 0 Å². The van der Waals surface area contributed by atoms with Gasteiger partial charge in [-0.3, -0.25) is 9.59 Å². The molecule has 0 aliphatic carbocycles. The first kappa shape index (κ1) is 39.3. The van der Waals surface area contributed by atoms with Crippen molar-refractivity contribution >= 4 is 23.9 Å². The van der Waals surface area contributed by atoms with Gasteiger partial charge in [-0.2, -0.15) is 0 Å². The zero-order valence-corrected chi connectivity index (χ0v) is 30.5. The highest BCUT2D eigenvalue weighted by Gasteiger charge is 2.40. The van der Waals surface area contributed by atoms with Crippen LogP contribution in [0.3, 0.4) is 0 Å². The summed E-state index contributed by atoms with van der Waals surface area (Å²) in [7, 11) is 0. The van der Waals surface area contributed by atoms with E-state index in [1.54, 1.807) is 46.4 Å². The summed E-state index contributed by atoms with van der Waals surface area (Å²) in [5.41, 5.74) is 1.90. The maximum atomic E-state index is 14.6. The van der Waals surface area contributed by atoms with Crippen LogP contribution in [0.2, 0.25) is 0 Å². The topological polar surface area (TPSA) is 114 Å². The summed E-state index contributed by atoms with van der Waals surface area (Å²) in [5.74, 6) is -1.45. The SMILES string of the molecule is CCC(C)N(C(=O)C(CC(C)C)NC(=O)OC(C)(C)C)C(C(=O)NC(Cc1ccccc1)C(=O)OC(C)(C)C)c1ccc(C)c(C)c1. The van der Waals surface area contributed by atoms with Crippen molar-refractivity contribution in [3.05, 3.63) is 70.8 Å². The average molecular weight is 652 g/mol. The first-order chi connectivity index (χ1) is 21.7. The Balaban J connectivity index is 2.68. The molecule has 0 spiro atoms. The molecular weight excluding hydrogens is 594 g/mol. The van der Waals surface area contributed by atoms with Crippen molar-refractivity contribution in [3.8, 4) is 0 Å². The van der Waals surface area contributed by atoms with Crippen LogP contribution in [-0.4, -0.2) is 58.1 Å². The number of ether oxygens (including phenoxy) is 2. The van der Waals surface area contributed by atoms with Crippen molar-refractivity contribution in [3.63, 3.8) is 0 Å². The molecule has 0 radical (unpaired) electrons. The quantitative estimate of drug-likeness (QED) is 0.226. The molecule has 0 aromatic heterocycles. The lowest BCUT2D eigenvalue weighted by Crippen LogP contribution is -2.57. The van der Waals surface area contributed by atoms with Crippen LogP contribution in [0.15, 0.2) is 48.5 Å². The summed E-state index contributed by atoms with van der Waals surface area (Å²) in [6.45, 7) is 22.3. The van der Waals surface area contributed by atoms with Gasteiger partial charge in [0.15, 0.2) is 0 Å². The number of hydrogen-bond donors (Lipinski definition) is 2. The van der Waals surface area contributed by atoms with Crippen LogP contribution in [0.4, 0.5) is 4.79 Å². The van der Waals surface area contributed by atoms with Crippen molar-refractivity contribution < 1.29 is 28.7 Å². The van der Waals surface area contributed by atoms with E-state index in [4.69, 9.17) is 9.47 Å². The van der Waals surface area contributed by atoms with Crippen LogP contribution >= 0.6 is 0 Å². The van der Waals surface area contributed by atoms with Gasteiger partial charge in [-0.05, 0) is 103 Å². The van der Waals surface area contributed by atoms with Gasteiger partial charge in [0.1, 0.15) is 29.3 Å². The van der Waals surface area contributed by atoms with E-state index in [2.05, 4.69) is 10.6 Å². The summed E-state index contributed by atoms with van der Waals surface area (Å²) in [4.78, 5) is 57.3. The maximum Gasteiger partial charge on any atom is 0.408 e. The van der Waals surface area contributed by atoms with E-state index in [1.807, 2.05) is 90.1 Å². The Hall–Kier alpha value is -3.88. The van der Waals surface area contributed by atoms with E-state index in [9.17, 15) is 19.2 Å². The zero-order chi connectivity index (χ0) is 35.7. The van der Waals surface area contributed by atoms with E-state index in [0.717, 1.165) is 16.7 Å². The third kappa shape index (κ3) is 12.7. The monoisotopic (exact) mass is 651 g/mol. The van der Waals surface area contributed by atoms with Gasteiger partial charge in [-0.15, -0.1) is 0 Å². The second-order valence-corrected chi connectivity index (χ2v) is 14.9. The number of carbonyl (C=O) groups excluding carboxylic acids is 4. The Kier molecular flexibility index (Phi) is 14.0. The lowest BCUT2D eigenvalue weighted by Gasteiger charge is -2.39. The summed E-state index contributed by atoms with van der Waals surface area (Å²) < 4.78 is 11.3. The third-order valence-corrected chi connectivity index (χ3v) is 7.68. The van der Waals surface area contributed by atoms with Crippen molar-refractivity contribution in [1.29, 1.82) is 0 Å². The summed E-state index contributed by atoms with van der Waals surface area (Å²) in [6.07, 6.45) is 0.372.